The van der Waals surface area contributed by atoms with Gasteiger partial charge in [0, 0.05) is 5.75 Å². The van der Waals surface area contributed by atoms with Crippen LogP contribution >= 0.6 is 11.8 Å². The van der Waals surface area contributed by atoms with Crippen LogP contribution in [-0.2, 0) is 11.4 Å². The molecule has 150 valence electrons. The summed E-state index contributed by atoms with van der Waals surface area (Å²) in [6.45, 7) is 5.46. The lowest BCUT2D eigenvalue weighted by molar-refractivity contribution is -0.138. The van der Waals surface area contributed by atoms with Crippen LogP contribution in [0.5, 0.6) is 17.2 Å². The fraction of sp³-hybridized carbons (Fsp3) is 0.381. The van der Waals surface area contributed by atoms with E-state index in [1.165, 1.54) is 0 Å². The molecule has 0 bridgehead atoms. The summed E-state index contributed by atoms with van der Waals surface area (Å²) in [5.41, 5.74) is 2.04. The maximum atomic E-state index is 11.1. The van der Waals surface area contributed by atoms with Crippen LogP contribution in [0.1, 0.15) is 30.3 Å². The Morgan fingerprint density at radius 1 is 1.07 bits per heavy atom. The minimum Gasteiger partial charge on any atom is -0.490 e. The van der Waals surface area contributed by atoms with Crippen LogP contribution in [0.3, 0.4) is 0 Å². The first-order valence-corrected chi connectivity index (χ1v) is 10.4. The molecule has 0 aliphatic carbocycles. The normalized spacial score (nSPS) is 18.6. The van der Waals surface area contributed by atoms with Gasteiger partial charge in [-0.25, -0.2) is 0 Å². The van der Waals surface area contributed by atoms with Gasteiger partial charge >= 0.3 is 5.97 Å². The van der Waals surface area contributed by atoms with Gasteiger partial charge in [-0.2, -0.15) is 0 Å². The molecule has 6 nitrogen and oxygen atoms in total. The highest BCUT2D eigenvalue weighted by Crippen LogP contribution is 2.34. The van der Waals surface area contributed by atoms with Gasteiger partial charge in [-0.3, -0.25) is 10.1 Å². The van der Waals surface area contributed by atoms with Crippen LogP contribution in [0.2, 0.25) is 0 Å². The number of carboxylic acids is 1. The summed E-state index contributed by atoms with van der Waals surface area (Å²) >= 11 is 1.60. The number of ether oxygens (including phenoxy) is 3. The molecule has 2 atom stereocenters. The smallest absolute Gasteiger partial charge is 0.321 e. The van der Waals surface area contributed by atoms with Crippen LogP contribution < -0.4 is 19.5 Å². The van der Waals surface area contributed by atoms with Crippen LogP contribution in [0, 0.1) is 0 Å². The van der Waals surface area contributed by atoms with E-state index in [0.717, 1.165) is 28.4 Å². The Hall–Kier alpha value is -2.38. The van der Waals surface area contributed by atoms with Crippen molar-refractivity contribution in [3.8, 4) is 17.2 Å². The molecule has 0 amide bonds. The lowest BCUT2D eigenvalue weighted by atomic mass is 10.2. The molecule has 2 aromatic carbocycles. The number of nitrogens with one attached hydrogen (secondary N) is 1. The third-order valence-corrected chi connectivity index (χ3v) is 5.54. The molecule has 1 aliphatic heterocycles. The van der Waals surface area contributed by atoms with Gasteiger partial charge in [0.05, 0.1) is 18.6 Å². The molecule has 2 N–H and O–H groups in total. The number of benzene rings is 2. The van der Waals surface area contributed by atoms with Gasteiger partial charge < -0.3 is 19.3 Å². The Labute approximate surface area is 169 Å². The fourth-order valence-corrected chi connectivity index (χ4v) is 4.13. The quantitative estimate of drug-likeness (QED) is 0.658. The Bertz CT molecular complexity index is 796. The van der Waals surface area contributed by atoms with Gasteiger partial charge in [-0.05, 0) is 49.2 Å². The molecule has 3 rings (SSSR count). The third kappa shape index (κ3) is 5.11. The molecular weight excluding hydrogens is 378 g/mol. The highest BCUT2D eigenvalue weighted by molar-refractivity contribution is 7.99. The molecule has 0 saturated carbocycles. The number of hydrogen-bond donors (Lipinski definition) is 2. The average Bonchev–Trinajstić information content (AvgIpc) is 3.19. The summed E-state index contributed by atoms with van der Waals surface area (Å²) < 4.78 is 17.1. The Kier molecular flexibility index (Phi) is 7.06. The predicted molar refractivity (Wildman–Crippen MR) is 109 cm³/mol. The van der Waals surface area contributed by atoms with Crippen molar-refractivity contribution in [1.82, 2.24) is 5.32 Å². The summed E-state index contributed by atoms with van der Waals surface area (Å²) in [5, 5.41) is 12.2. The van der Waals surface area contributed by atoms with E-state index in [9.17, 15) is 4.79 Å². The van der Waals surface area contributed by atoms with Crippen LogP contribution in [0.25, 0.3) is 0 Å². The molecular formula is C21H25NO5S. The molecule has 1 fully saturated rings. The monoisotopic (exact) mass is 403 g/mol. The highest BCUT2D eigenvalue weighted by atomic mass is 32.2. The first-order chi connectivity index (χ1) is 13.6. The first kappa shape index (κ1) is 20.4. The van der Waals surface area contributed by atoms with Gasteiger partial charge in [-0.15, -0.1) is 11.8 Å². The maximum absolute atomic E-state index is 11.1. The molecule has 0 radical (unpaired) electrons. The number of carboxylic acid groups (broad SMARTS) is 1. The van der Waals surface area contributed by atoms with Crippen molar-refractivity contribution in [3.63, 3.8) is 0 Å². The second-order valence-corrected chi connectivity index (χ2v) is 7.41. The Morgan fingerprint density at radius 3 is 2.43 bits per heavy atom. The fourth-order valence-electron chi connectivity index (χ4n) is 2.90. The zero-order valence-corrected chi connectivity index (χ0v) is 16.8. The van der Waals surface area contributed by atoms with Crippen molar-refractivity contribution in [3.05, 3.63) is 53.6 Å². The van der Waals surface area contributed by atoms with Crippen molar-refractivity contribution in [2.45, 2.75) is 31.9 Å². The van der Waals surface area contributed by atoms with E-state index >= 15 is 0 Å². The van der Waals surface area contributed by atoms with Gasteiger partial charge in [-0.1, -0.05) is 18.2 Å². The summed E-state index contributed by atoms with van der Waals surface area (Å²) in [4.78, 5) is 11.1. The van der Waals surface area contributed by atoms with Gasteiger partial charge in [0.15, 0.2) is 11.5 Å². The number of rotatable bonds is 9. The molecule has 2 aromatic rings. The average molecular weight is 404 g/mol. The van der Waals surface area contributed by atoms with Crippen molar-refractivity contribution in [1.29, 1.82) is 0 Å². The van der Waals surface area contributed by atoms with Crippen molar-refractivity contribution < 1.29 is 24.1 Å². The van der Waals surface area contributed by atoms with E-state index in [-0.39, 0.29) is 5.37 Å². The molecule has 1 heterocycles. The third-order valence-electron chi connectivity index (χ3n) is 4.28. The molecule has 28 heavy (non-hydrogen) atoms. The summed E-state index contributed by atoms with van der Waals surface area (Å²) in [5.74, 6) is 1.97. The zero-order chi connectivity index (χ0) is 19.9. The Morgan fingerprint density at radius 2 is 1.79 bits per heavy atom. The lowest BCUT2D eigenvalue weighted by Gasteiger charge is -2.14. The second kappa shape index (κ2) is 9.71. The molecule has 0 unspecified atom stereocenters. The summed E-state index contributed by atoms with van der Waals surface area (Å²) in [7, 11) is 0. The number of carbonyl (C=O) groups is 1. The number of thioether (sulfide) groups is 1. The van der Waals surface area contributed by atoms with Crippen LogP contribution in [0.15, 0.2) is 42.5 Å². The minimum absolute atomic E-state index is 0.00462. The topological polar surface area (TPSA) is 77.0 Å². The van der Waals surface area contributed by atoms with E-state index in [4.69, 9.17) is 19.3 Å². The molecule has 7 heteroatoms. The Balaban J connectivity index is 1.59. The largest absolute Gasteiger partial charge is 0.490 e. The van der Waals surface area contributed by atoms with Crippen molar-refractivity contribution in [2.75, 3.05) is 19.0 Å². The predicted octanol–water partition coefficient (Wildman–Crippen LogP) is 3.85. The van der Waals surface area contributed by atoms with Gasteiger partial charge in [0.1, 0.15) is 18.4 Å². The standard InChI is InChI=1S/C21H25NO5S/c1-3-25-18-10-5-14(11-19(18)26-4-2)12-27-16-8-6-15(7-9-16)20-22-17(13-28-20)21(23)24/h5-11,17,20,22H,3-4,12-13H2,1-2H3,(H,23,24)/t17-,20+/m1/s1. The van der Waals surface area contributed by atoms with Crippen molar-refractivity contribution >= 4 is 17.7 Å². The maximum Gasteiger partial charge on any atom is 0.321 e. The number of hydrogen-bond acceptors (Lipinski definition) is 6. The van der Waals surface area contributed by atoms with E-state index in [0.29, 0.717) is 25.6 Å². The summed E-state index contributed by atoms with van der Waals surface area (Å²) in [6, 6.07) is 13.1. The SMILES string of the molecule is CCOc1ccc(COc2ccc([C@H]3N[C@@H](C(=O)O)CS3)cc2)cc1OCC. The highest BCUT2D eigenvalue weighted by Gasteiger charge is 2.30. The molecule has 0 aromatic heterocycles. The van der Waals surface area contributed by atoms with Crippen molar-refractivity contribution in [2.24, 2.45) is 0 Å². The second-order valence-electron chi connectivity index (χ2n) is 6.28. The zero-order valence-electron chi connectivity index (χ0n) is 16.0. The first-order valence-electron chi connectivity index (χ1n) is 9.32. The summed E-state index contributed by atoms with van der Waals surface area (Å²) in [6.07, 6.45) is 0. The van der Waals surface area contributed by atoms with E-state index in [1.54, 1.807) is 11.8 Å². The molecule has 1 saturated heterocycles. The van der Waals surface area contributed by atoms with E-state index in [1.807, 2.05) is 56.3 Å². The van der Waals surface area contributed by atoms with E-state index < -0.39 is 12.0 Å². The van der Waals surface area contributed by atoms with Gasteiger partial charge in [0.2, 0.25) is 0 Å². The minimum atomic E-state index is -0.809. The van der Waals surface area contributed by atoms with Gasteiger partial charge in [0.25, 0.3) is 0 Å². The van der Waals surface area contributed by atoms with Crippen LogP contribution in [-0.4, -0.2) is 36.1 Å². The molecule has 0 spiro atoms. The number of aliphatic carboxylic acids is 1. The van der Waals surface area contributed by atoms with Crippen LogP contribution in [0.4, 0.5) is 0 Å². The van der Waals surface area contributed by atoms with E-state index in [2.05, 4.69) is 5.32 Å². The molecule has 1 aliphatic rings. The lowest BCUT2D eigenvalue weighted by Crippen LogP contribution is -2.33.